The molecule has 0 saturated carbocycles. The minimum atomic E-state index is 0.0388. The number of carbonyl (C=O) groups is 1. The zero-order valence-corrected chi connectivity index (χ0v) is 18.2. The number of nitrogens with zero attached hydrogens (tertiary/aromatic N) is 3. The lowest BCUT2D eigenvalue weighted by atomic mass is 10.0. The van der Waals surface area contributed by atoms with Gasteiger partial charge in [-0.3, -0.25) is 4.79 Å². The summed E-state index contributed by atoms with van der Waals surface area (Å²) in [4.78, 5) is 26.8. The van der Waals surface area contributed by atoms with Crippen molar-refractivity contribution >= 4 is 28.4 Å². The molecule has 0 aliphatic carbocycles. The molecule has 1 saturated heterocycles. The number of fused-ring (bicyclic) bond motifs is 1. The molecule has 1 aliphatic heterocycles. The molecule has 32 heavy (non-hydrogen) atoms. The molecular weight excluding hydrogens is 402 g/mol. The Morgan fingerprint density at radius 2 is 1.88 bits per heavy atom. The molecule has 2 aromatic heterocycles. The van der Waals surface area contributed by atoms with E-state index in [-0.39, 0.29) is 5.91 Å². The molecule has 7 nitrogen and oxygen atoms in total. The number of hydrogen-bond acceptors (Lipinski definition) is 5. The fourth-order valence-electron chi connectivity index (χ4n) is 3.99. The van der Waals surface area contributed by atoms with Crippen LogP contribution in [0, 0.1) is 13.8 Å². The first kappa shape index (κ1) is 20.2. The van der Waals surface area contributed by atoms with E-state index < -0.39 is 0 Å². The van der Waals surface area contributed by atoms with Gasteiger partial charge in [0.25, 0.3) is 5.91 Å². The van der Waals surface area contributed by atoms with Crippen molar-refractivity contribution in [3.05, 3.63) is 71.5 Å². The summed E-state index contributed by atoms with van der Waals surface area (Å²) in [7, 11) is 0. The minimum Gasteiger partial charge on any atom is -0.378 e. The Bertz CT molecular complexity index is 1270. The number of pyridine rings is 1. The molecule has 3 heterocycles. The second-order valence-corrected chi connectivity index (χ2v) is 8.01. The van der Waals surface area contributed by atoms with Crippen LogP contribution >= 0.6 is 0 Å². The first-order valence-corrected chi connectivity index (χ1v) is 10.7. The summed E-state index contributed by atoms with van der Waals surface area (Å²) >= 11 is 0. The maximum Gasteiger partial charge on any atom is 0.254 e. The summed E-state index contributed by atoms with van der Waals surface area (Å²) in [5, 5.41) is 3.47. The fraction of sp³-hybridized carbons (Fsp3) is 0.240. The van der Waals surface area contributed by atoms with E-state index in [4.69, 9.17) is 9.72 Å². The second-order valence-electron chi connectivity index (χ2n) is 8.01. The fourth-order valence-corrected chi connectivity index (χ4v) is 3.99. The lowest BCUT2D eigenvalue weighted by Crippen LogP contribution is -2.40. The average Bonchev–Trinajstić information content (AvgIpc) is 3.31. The van der Waals surface area contributed by atoms with Crippen LogP contribution in [-0.4, -0.2) is 52.1 Å². The Balaban J connectivity index is 1.44. The summed E-state index contributed by atoms with van der Waals surface area (Å²) in [6, 6.07) is 15.8. The SMILES string of the molecule is Cc1cccc(-c2cc(Nc3ccc(C(=O)N4CCOCC4)cc3)c3[nH]cnc3n2)c1C. The zero-order valence-electron chi connectivity index (χ0n) is 18.2. The molecule has 1 amide bonds. The lowest BCUT2D eigenvalue weighted by molar-refractivity contribution is 0.0303. The second kappa shape index (κ2) is 8.43. The summed E-state index contributed by atoms with van der Waals surface area (Å²) < 4.78 is 5.34. The van der Waals surface area contributed by atoms with Crippen LogP contribution in [-0.2, 0) is 4.74 Å². The Morgan fingerprint density at radius 3 is 2.66 bits per heavy atom. The van der Waals surface area contributed by atoms with Gasteiger partial charge < -0.3 is 19.9 Å². The van der Waals surface area contributed by atoms with Crippen molar-refractivity contribution in [2.45, 2.75) is 13.8 Å². The van der Waals surface area contributed by atoms with E-state index in [1.165, 1.54) is 11.1 Å². The van der Waals surface area contributed by atoms with Gasteiger partial charge in [0.15, 0.2) is 5.65 Å². The van der Waals surface area contributed by atoms with Crippen LogP contribution in [0.15, 0.2) is 54.9 Å². The van der Waals surface area contributed by atoms with Crippen LogP contribution in [0.25, 0.3) is 22.4 Å². The van der Waals surface area contributed by atoms with Crippen molar-refractivity contribution < 1.29 is 9.53 Å². The highest BCUT2D eigenvalue weighted by atomic mass is 16.5. The molecule has 2 N–H and O–H groups in total. The molecule has 162 valence electrons. The summed E-state index contributed by atoms with van der Waals surface area (Å²) in [5.74, 6) is 0.0388. The van der Waals surface area contributed by atoms with Crippen molar-refractivity contribution in [2.75, 3.05) is 31.6 Å². The monoisotopic (exact) mass is 427 g/mol. The molecule has 0 spiro atoms. The van der Waals surface area contributed by atoms with E-state index >= 15 is 0 Å². The third-order valence-electron chi connectivity index (χ3n) is 5.99. The Labute approximate surface area is 186 Å². The molecule has 1 aliphatic rings. The van der Waals surface area contributed by atoms with Gasteiger partial charge in [-0.1, -0.05) is 18.2 Å². The highest BCUT2D eigenvalue weighted by Crippen LogP contribution is 2.31. The first-order valence-electron chi connectivity index (χ1n) is 10.7. The number of imidazole rings is 1. The molecule has 0 bridgehead atoms. The van der Waals surface area contributed by atoms with Crippen LogP contribution in [0.4, 0.5) is 11.4 Å². The van der Waals surface area contributed by atoms with Crippen molar-refractivity contribution in [3.63, 3.8) is 0 Å². The number of nitrogens with one attached hydrogen (secondary N) is 2. The van der Waals surface area contributed by atoms with Crippen LogP contribution in [0.2, 0.25) is 0 Å². The lowest BCUT2D eigenvalue weighted by Gasteiger charge is -2.26. The Morgan fingerprint density at radius 1 is 1.09 bits per heavy atom. The summed E-state index contributed by atoms with van der Waals surface area (Å²) in [6.07, 6.45) is 1.65. The van der Waals surface area contributed by atoms with E-state index in [1.807, 2.05) is 41.3 Å². The van der Waals surface area contributed by atoms with E-state index in [2.05, 4.69) is 41.3 Å². The molecule has 1 fully saturated rings. The molecule has 4 aromatic rings. The number of benzene rings is 2. The number of aromatic amines is 1. The molecule has 0 unspecified atom stereocenters. The van der Waals surface area contributed by atoms with Crippen molar-refractivity contribution in [3.8, 4) is 11.3 Å². The largest absolute Gasteiger partial charge is 0.378 e. The third kappa shape index (κ3) is 3.83. The number of aromatic nitrogens is 3. The number of hydrogen-bond donors (Lipinski definition) is 2. The van der Waals surface area contributed by atoms with Gasteiger partial charge in [-0.15, -0.1) is 0 Å². The van der Waals surface area contributed by atoms with E-state index in [9.17, 15) is 4.79 Å². The number of amides is 1. The van der Waals surface area contributed by atoms with E-state index in [0.29, 0.717) is 37.5 Å². The van der Waals surface area contributed by atoms with Crippen LogP contribution in [0.3, 0.4) is 0 Å². The predicted molar refractivity (Wildman–Crippen MR) is 125 cm³/mol. The van der Waals surface area contributed by atoms with Crippen molar-refractivity contribution in [2.24, 2.45) is 0 Å². The van der Waals surface area contributed by atoms with Gasteiger partial charge in [-0.05, 0) is 55.3 Å². The van der Waals surface area contributed by atoms with Gasteiger partial charge in [0.05, 0.1) is 30.9 Å². The van der Waals surface area contributed by atoms with Gasteiger partial charge >= 0.3 is 0 Å². The molecule has 7 heteroatoms. The number of H-pyrrole nitrogens is 1. The number of rotatable bonds is 4. The smallest absolute Gasteiger partial charge is 0.254 e. The molecule has 0 radical (unpaired) electrons. The number of morpholine rings is 1. The van der Waals surface area contributed by atoms with Gasteiger partial charge in [0.1, 0.15) is 5.52 Å². The average molecular weight is 428 g/mol. The first-order chi connectivity index (χ1) is 15.6. The maximum absolute atomic E-state index is 12.7. The van der Waals surface area contributed by atoms with Crippen molar-refractivity contribution in [1.82, 2.24) is 19.9 Å². The van der Waals surface area contributed by atoms with Gasteiger partial charge in [0, 0.05) is 29.9 Å². The van der Waals surface area contributed by atoms with E-state index in [1.54, 1.807) is 6.33 Å². The normalized spacial score (nSPS) is 14.0. The highest BCUT2D eigenvalue weighted by Gasteiger charge is 2.18. The highest BCUT2D eigenvalue weighted by molar-refractivity contribution is 5.95. The summed E-state index contributed by atoms with van der Waals surface area (Å²) in [5.41, 5.74) is 8.32. The van der Waals surface area contributed by atoms with Crippen LogP contribution < -0.4 is 5.32 Å². The molecule has 2 aromatic carbocycles. The van der Waals surface area contributed by atoms with E-state index in [0.717, 1.165) is 28.1 Å². The molecule has 0 atom stereocenters. The number of aryl methyl sites for hydroxylation is 1. The molecule has 5 rings (SSSR count). The molecular formula is C25H25N5O2. The number of carbonyl (C=O) groups excluding carboxylic acids is 1. The topological polar surface area (TPSA) is 83.1 Å². The minimum absolute atomic E-state index is 0.0388. The third-order valence-corrected chi connectivity index (χ3v) is 5.99. The predicted octanol–water partition coefficient (Wildman–Crippen LogP) is 4.46. The maximum atomic E-state index is 12.7. The van der Waals surface area contributed by atoms with Gasteiger partial charge in [-0.2, -0.15) is 0 Å². The summed E-state index contributed by atoms with van der Waals surface area (Å²) in [6.45, 7) is 6.67. The standard InChI is InChI=1S/C25H25N5O2/c1-16-4-3-5-20(17(16)2)21-14-22(23-24(29-21)27-15-26-23)28-19-8-6-18(7-9-19)25(31)30-10-12-32-13-11-30/h3-9,14-15H,10-13H2,1-2H3,(H2,26,27,28,29). The number of ether oxygens (including phenoxy) is 1. The van der Waals surface area contributed by atoms with Crippen LogP contribution in [0.1, 0.15) is 21.5 Å². The Kier molecular flexibility index (Phi) is 5.33. The Hall–Kier alpha value is -3.71. The van der Waals surface area contributed by atoms with Crippen LogP contribution in [0.5, 0.6) is 0 Å². The van der Waals surface area contributed by atoms with Gasteiger partial charge in [-0.25, -0.2) is 9.97 Å². The zero-order chi connectivity index (χ0) is 22.1. The van der Waals surface area contributed by atoms with Gasteiger partial charge in [0.2, 0.25) is 0 Å². The number of anilines is 2. The van der Waals surface area contributed by atoms with Crippen molar-refractivity contribution in [1.29, 1.82) is 0 Å². The quantitative estimate of drug-likeness (QED) is 0.503.